The SMILES string of the molecule is CC(=NNc1ccc(S(=O)(=O)N2CCOCC2)cc1[N+](=O)[O-])c1ccc(C(C)(C)C)cc1. The minimum Gasteiger partial charge on any atom is -0.379 e. The second-order valence-corrected chi connectivity index (χ2v) is 10.5. The van der Waals surface area contributed by atoms with Crippen LogP contribution < -0.4 is 5.43 Å². The quantitative estimate of drug-likeness (QED) is 0.399. The monoisotopic (exact) mass is 460 g/mol. The molecule has 2 aromatic rings. The average molecular weight is 461 g/mol. The Kier molecular flexibility index (Phi) is 6.97. The van der Waals surface area contributed by atoms with Crippen LogP contribution in [0.1, 0.15) is 38.8 Å². The van der Waals surface area contributed by atoms with Crippen molar-refractivity contribution < 1.29 is 18.1 Å². The molecule has 0 atom stereocenters. The third-order valence-corrected chi connectivity index (χ3v) is 7.18. The third-order valence-electron chi connectivity index (χ3n) is 5.29. The Balaban J connectivity index is 1.84. The number of morpholine rings is 1. The summed E-state index contributed by atoms with van der Waals surface area (Å²) in [4.78, 5) is 10.9. The molecule has 0 bridgehead atoms. The molecular weight excluding hydrogens is 432 g/mol. The molecule has 0 spiro atoms. The zero-order valence-electron chi connectivity index (χ0n) is 18.7. The minimum absolute atomic E-state index is 0.0335. The molecule has 9 nitrogen and oxygen atoms in total. The molecule has 1 heterocycles. The van der Waals surface area contributed by atoms with E-state index in [-0.39, 0.29) is 34.8 Å². The maximum absolute atomic E-state index is 12.8. The van der Waals surface area contributed by atoms with E-state index >= 15 is 0 Å². The van der Waals surface area contributed by atoms with Crippen molar-refractivity contribution in [1.29, 1.82) is 0 Å². The lowest BCUT2D eigenvalue weighted by atomic mass is 9.86. The van der Waals surface area contributed by atoms with Gasteiger partial charge in [-0.1, -0.05) is 45.0 Å². The van der Waals surface area contributed by atoms with Gasteiger partial charge in [-0.05, 0) is 35.6 Å². The summed E-state index contributed by atoms with van der Waals surface area (Å²) in [7, 11) is -3.84. The van der Waals surface area contributed by atoms with Crippen molar-refractivity contribution in [1.82, 2.24) is 4.31 Å². The van der Waals surface area contributed by atoms with Gasteiger partial charge in [0, 0.05) is 19.2 Å². The predicted octanol–water partition coefficient (Wildman–Crippen LogP) is 3.75. The first-order chi connectivity index (χ1) is 15.0. The number of sulfonamides is 1. The van der Waals surface area contributed by atoms with Crippen molar-refractivity contribution in [2.75, 3.05) is 31.7 Å². The van der Waals surface area contributed by atoms with E-state index in [9.17, 15) is 18.5 Å². The normalized spacial score (nSPS) is 16.1. The Hall–Kier alpha value is -2.82. The van der Waals surface area contributed by atoms with Crippen LogP contribution in [0.5, 0.6) is 0 Å². The smallest absolute Gasteiger partial charge is 0.295 e. The third kappa shape index (κ3) is 5.32. The zero-order chi connectivity index (χ0) is 23.5. The fraction of sp³-hybridized carbons (Fsp3) is 0.409. The first-order valence-corrected chi connectivity index (χ1v) is 11.7. The molecule has 0 amide bonds. The van der Waals surface area contributed by atoms with Gasteiger partial charge in [-0.15, -0.1) is 0 Å². The summed E-state index contributed by atoms with van der Waals surface area (Å²) in [6.07, 6.45) is 0. The lowest BCUT2D eigenvalue weighted by Crippen LogP contribution is -2.40. The molecule has 2 aromatic carbocycles. The van der Waals surface area contributed by atoms with Crippen molar-refractivity contribution >= 4 is 27.1 Å². The number of rotatable bonds is 6. The predicted molar refractivity (Wildman–Crippen MR) is 124 cm³/mol. The highest BCUT2D eigenvalue weighted by Gasteiger charge is 2.29. The van der Waals surface area contributed by atoms with Gasteiger partial charge in [0.05, 0.1) is 28.7 Å². The van der Waals surface area contributed by atoms with Crippen LogP contribution in [0.15, 0.2) is 52.5 Å². The standard InChI is InChI=1S/C22H28N4O5S/c1-16(17-5-7-18(8-6-17)22(2,3)4)23-24-20-10-9-19(15-21(20)26(27)28)32(29,30)25-11-13-31-14-12-25/h5-10,15,24H,11-14H2,1-4H3. The Morgan fingerprint density at radius 2 is 1.75 bits per heavy atom. The summed E-state index contributed by atoms with van der Waals surface area (Å²) in [6.45, 7) is 9.21. The van der Waals surface area contributed by atoms with Crippen molar-refractivity contribution in [3.8, 4) is 0 Å². The number of hydrazone groups is 1. The molecule has 172 valence electrons. The van der Waals surface area contributed by atoms with Crippen molar-refractivity contribution in [2.45, 2.75) is 38.0 Å². The van der Waals surface area contributed by atoms with Crippen LogP contribution in [0.3, 0.4) is 0 Å². The Morgan fingerprint density at radius 1 is 1.12 bits per heavy atom. The van der Waals surface area contributed by atoms with Gasteiger partial charge in [-0.2, -0.15) is 9.41 Å². The summed E-state index contributed by atoms with van der Waals surface area (Å²) < 4.78 is 32.1. The molecule has 1 aliphatic rings. The highest BCUT2D eigenvalue weighted by molar-refractivity contribution is 7.89. The van der Waals surface area contributed by atoms with E-state index in [2.05, 4.69) is 31.3 Å². The molecule has 0 aromatic heterocycles. The lowest BCUT2D eigenvalue weighted by Gasteiger charge is -2.26. The van der Waals surface area contributed by atoms with E-state index in [1.165, 1.54) is 22.0 Å². The van der Waals surface area contributed by atoms with Crippen molar-refractivity contribution in [3.05, 3.63) is 63.7 Å². The molecule has 3 rings (SSSR count). The second-order valence-electron chi connectivity index (χ2n) is 8.59. The van der Waals surface area contributed by atoms with Gasteiger partial charge in [-0.3, -0.25) is 15.5 Å². The summed E-state index contributed by atoms with van der Waals surface area (Å²) in [5.74, 6) is 0. The molecule has 1 N–H and O–H groups in total. The number of anilines is 1. The van der Waals surface area contributed by atoms with Gasteiger partial charge < -0.3 is 4.74 Å². The summed E-state index contributed by atoms with van der Waals surface area (Å²) >= 11 is 0. The van der Waals surface area contributed by atoms with Crippen LogP contribution in [0, 0.1) is 10.1 Å². The first kappa shape index (κ1) is 23.8. The number of nitrogens with zero attached hydrogens (tertiary/aromatic N) is 3. The number of hydrogen-bond donors (Lipinski definition) is 1. The van der Waals surface area contributed by atoms with Gasteiger partial charge in [0.2, 0.25) is 10.0 Å². The van der Waals surface area contributed by atoms with E-state index in [1.807, 2.05) is 24.3 Å². The topological polar surface area (TPSA) is 114 Å². The minimum atomic E-state index is -3.84. The van der Waals surface area contributed by atoms with Crippen molar-refractivity contribution in [3.63, 3.8) is 0 Å². The van der Waals surface area contributed by atoms with E-state index in [0.29, 0.717) is 18.9 Å². The van der Waals surface area contributed by atoms with Crippen LogP contribution in [0.4, 0.5) is 11.4 Å². The molecule has 1 aliphatic heterocycles. The maximum Gasteiger partial charge on any atom is 0.295 e. The highest BCUT2D eigenvalue weighted by atomic mass is 32.2. The van der Waals surface area contributed by atoms with Gasteiger partial charge in [0.25, 0.3) is 5.69 Å². The van der Waals surface area contributed by atoms with Crippen LogP contribution in [-0.4, -0.2) is 49.7 Å². The number of hydrogen-bond acceptors (Lipinski definition) is 7. The molecule has 1 saturated heterocycles. The van der Waals surface area contributed by atoms with Gasteiger partial charge >= 0.3 is 0 Å². The number of nitro groups is 1. The first-order valence-electron chi connectivity index (χ1n) is 10.3. The zero-order valence-corrected chi connectivity index (χ0v) is 19.5. The molecule has 10 heteroatoms. The molecule has 0 radical (unpaired) electrons. The molecular formula is C22H28N4O5S. The summed E-state index contributed by atoms with van der Waals surface area (Å²) in [5, 5.41) is 15.9. The highest BCUT2D eigenvalue weighted by Crippen LogP contribution is 2.29. The summed E-state index contributed by atoms with van der Waals surface area (Å²) in [6, 6.07) is 11.7. The van der Waals surface area contributed by atoms with Crippen molar-refractivity contribution in [2.24, 2.45) is 5.10 Å². The number of nitro benzene ring substituents is 1. The largest absolute Gasteiger partial charge is 0.379 e. The summed E-state index contributed by atoms with van der Waals surface area (Å²) in [5.41, 5.74) is 5.21. The molecule has 32 heavy (non-hydrogen) atoms. The number of nitrogens with one attached hydrogen (secondary N) is 1. The van der Waals surface area contributed by atoms with E-state index < -0.39 is 14.9 Å². The average Bonchev–Trinajstić information content (AvgIpc) is 2.77. The van der Waals surface area contributed by atoms with Gasteiger partial charge in [-0.25, -0.2) is 8.42 Å². The fourth-order valence-electron chi connectivity index (χ4n) is 3.27. The van der Waals surface area contributed by atoms with Crippen LogP contribution in [-0.2, 0) is 20.2 Å². The Morgan fingerprint density at radius 3 is 2.31 bits per heavy atom. The van der Waals surface area contributed by atoms with Crippen LogP contribution in [0.2, 0.25) is 0 Å². The fourth-order valence-corrected chi connectivity index (χ4v) is 4.70. The van der Waals surface area contributed by atoms with Crippen LogP contribution >= 0.6 is 0 Å². The molecule has 0 unspecified atom stereocenters. The van der Waals surface area contributed by atoms with E-state index in [1.54, 1.807) is 6.92 Å². The van der Waals surface area contributed by atoms with E-state index in [0.717, 1.165) is 11.6 Å². The Bertz CT molecular complexity index is 1120. The second kappa shape index (κ2) is 9.35. The van der Waals surface area contributed by atoms with Crippen LogP contribution in [0.25, 0.3) is 0 Å². The van der Waals surface area contributed by atoms with E-state index in [4.69, 9.17) is 4.74 Å². The van der Waals surface area contributed by atoms with Gasteiger partial charge in [0.15, 0.2) is 0 Å². The molecule has 1 fully saturated rings. The maximum atomic E-state index is 12.8. The van der Waals surface area contributed by atoms with Gasteiger partial charge in [0.1, 0.15) is 5.69 Å². The molecule has 0 saturated carbocycles. The number of benzene rings is 2. The lowest BCUT2D eigenvalue weighted by molar-refractivity contribution is -0.384. The molecule has 0 aliphatic carbocycles. The Labute approximate surface area is 188 Å². The number of ether oxygens (including phenoxy) is 1.